The van der Waals surface area contributed by atoms with E-state index in [1.165, 1.54) is 5.56 Å². The molecule has 1 aliphatic rings. The van der Waals surface area contributed by atoms with Crippen LogP contribution in [0.3, 0.4) is 0 Å². The van der Waals surface area contributed by atoms with E-state index in [2.05, 4.69) is 11.1 Å². The summed E-state index contributed by atoms with van der Waals surface area (Å²) in [6.07, 6.45) is 3.92. The Morgan fingerprint density at radius 3 is 3.06 bits per heavy atom. The number of pyridine rings is 1. The number of rotatable bonds is 2. The molecule has 3 nitrogen and oxygen atoms in total. The minimum atomic E-state index is 0.616. The van der Waals surface area contributed by atoms with Gasteiger partial charge in [-0.15, -0.1) is 0 Å². The third kappa shape index (κ3) is 2.30. The molecule has 92 valence electrons. The van der Waals surface area contributed by atoms with E-state index in [1.807, 2.05) is 31.2 Å². The van der Waals surface area contributed by atoms with Crippen LogP contribution in [0.1, 0.15) is 17.5 Å². The minimum absolute atomic E-state index is 0.616. The third-order valence-corrected chi connectivity index (χ3v) is 3.00. The summed E-state index contributed by atoms with van der Waals surface area (Å²) in [6, 6.07) is 9.85. The van der Waals surface area contributed by atoms with Crippen molar-refractivity contribution in [2.75, 3.05) is 6.61 Å². The first kappa shape index (κ1) is 11.1. The number of fused-ring (bicyclic) bond motifs is 1. The molecule has 2 aromatic rings. The lowest BCUT2D eigenvalue weighted by molar-refractivity contribution is 0.287. The molecule has 0 fully saturated rings. The fraction of sp³-hybridized carbons (Fsp3) is 0.267. The van der Waals surface area contributed by atoms with Gasteiger partial charge in [0, 0.05) is 18.3 Å². The zero-order valence-corrected chi connectivity index (χ0v) is 10.3. The number of hydrogen-bond acceptors (Lipinski definition) is 3. The molecular weight excluding hydrogens is 226 g/mol. The average molecular weight is 241 g/mol. The van der Waals surface area contributed by atoms with Crippen molar-refractivity contribution in [2.45, 2.75) is 19.8 Å². The van der Waals surface area contributed by atoms with Crippen molar-refractivity contribution in [3.63, 3.8) is 0 Å². The van der Waals surface area contributed by atoms with Crippen molar-refractivity contribution in [1.29, 1.82) is 0 Å². The van der Waals surface area contributed by atoms with Gasteiger partial charge in [0.05, 0.1) is 6.61 Å². The number of aromatic nitrogens is 1. The first-order valence-corrected chi connectivity index (χ1v) is 6.17. The SMILES string of the molecule is Cc1ccnc(Oc2ccc3c(c2)OCCC3)c1. The summed E-state index contributed by atoms with van der Waals surface area (Å²) in [5, 5.41) is 0. The maximum absolute atomic E-state index is 5.73. The van der Waals surface area contributed by atoms with Gasteiger partial charge in [0.1, 0.15) is 11.5 Å². The highest BCUT2D eigenvalue weighted by Gasteiger charge is 2.11. The van der Waals surface area contributed by atoms with Crippen molar-refractivity contribution < 1.29 is 9.47 Å². The molecule has 0 unspecified atom stereocenters. The van der Waals surface area contributed by atoms with Crippen LogP contribution in [0.15, 0.2) is 36.5 Å². The van der Waals surface area contributed by atoms with E-state index in [-0.39, 0.29) is 0 Å². The second kappa shape index (κ2) is 4.69. The molecule has 0 atom stereocenters. The highest BCUT2D eigenvalue weighted by atomic mass is 16.5. The standard InChI is InChI=1S/C15H15NO2/c1-11-6-7-16-15(9-11)18-13-5-4-12-3-2-8-17-14(12)10-13/h4-7,9-10H,2-3,8H2,1H3. The molecule has 0 radical (unpaired) electrons. The summed E-state index contributed by atoms with van der Waals surface area (Å²) in [5.74, 6) is 2.32. The van der Waals surface area contributed by atoms with E-state index in [9.17, 15) is 0 Å². The van der Waals surface area contributed by atoms with Crippen LogP contribution in [-0.2, 0) is 6.42 Å². The summed E-state index contributed by atoms with van der Waals surface area (Å²) in [7, 11) is 0. The highest BCUT2D eigenvalue weighted by Crippen LogP contribution is 2.30. The molecule has 0 saturated carbocycles. The van der Waals surface area contributed by atoms with E-state index in [1.54, 1.807) is 6.20 Å². The van der Waals surface area contributed by atoms with Gasteiger partial charge in [0.2, 0.25) is 5.88 Å². The van der Waals surface area contributed by atoms with Gasteiger partial charge in [-0.2, -0.15) is 0 Å². The van der Waals surface area contributed by atoms with Crippen LogP contribution in [-0.4, -0.2) is 11.6 Å². The Morgan fingerprint density at radius 2 is 2.17 bits per heavy atom. The Morgan fingerprint density at radius 1 is 1.22 bits per heavy atom. The molecule has 3 heteroatoms. The summed E-state index contributed by atoms with van der Waals surface area (Å²) in [4.78, 5) is 4.18. The number of hydrogen-bond donors (Lipinski definition) is 0. The van der Waals surface area contributed by atoms with E-state index in [0.717, 1.165) is 36.5 Å². The fourth-order valence-corrected chi connectivity index (χ4v) is 2.07. The van der Waals surface area contributed by atoms with Crippen LogP contribution in [0, 0.1) is 6.92 Å². The minimum Gasteiger partial charge on any atom is -0.493 e. The molecule has 18 heavy (non-hydrogen) atoms. The van der Waals surface area contributed by atoms with Gasteiger partial charge in [0.15, 0.2) is 0 Å². The molecular formula is C15H15NO2. The van der Waals surface area contributed by atoms with Crippen molar-refractivity contribution >= 4 is 0 Å². The first-order chi connectivity index (χ1) is 8.81. The van der Waals surface area contributed by atoms with E-state index in [4.69, 9.17) is 9.47 Å². The van der Waals surface area contributed by atoms with Crippen LogP contribution >= 0.6 is 0 Å². The van der Waals surface area contributed by atoms with Gasteiger partial charge in [0.25, 0.3) is 0 Å². The maximum atomic E-state index is 5.73. The molecule has 3 rings (SSSR count). The van der Waals surface area contributed by atoms with Gasteiger partial charge >= 0.3 is 0 Å². The van der Waals surface area contributed by atoms with Crippen LogP contribution in [0.5, 0.6) is 17.4 Å². The van der Waals surface area contributed by atoms with E-state index in [0.29, 0.717) is 5.88 Å². The second-order valence-electron chi connectivity index (χ2n) is 4.50. The van der Waals surface area contributed by atoms with Gasteiger partial charge < -0.3 is 9.47 Å². The molecule has 0 aliphatic carbocycles. The molecule has 0 bridgehead atoms. The summed E-state index contributed by atoms with van der Waals surface area (Å²) >= 11 is 0. The summed E-state index contributed by atoms with van der Waals surface area (Å²) < 4.78 is 11.4. The van der Waals surface area contributed by atoms with Crippen molar-refractivity contribution in [3.8, 4) is 17.4 Å². The molecule has 0 saturated heterocycles. The smallest absolute Gasteiger partial charge is 0.219 e. The first-order valence-electron chi connectivity index (χ1n) is 6.17. The largest absolute Gasteiger partial charge is 0.493 e. The third-order valence-electron chi connectivity index (χ3n) is 3.00. The lowest BCUT2D eigenvalue weighted by Crippen LogP contribution is -2.08. The Labute approximate surface area is 106 Å². The zero-order chi connectivity index (χ0) is 12.4. The van der Waals surface area contributed by atoms with Gasteiger partial charge in [-0.3, -0.25) is 0 Å². The molecule has 0 amide bonds. The Hall–Kier alpha value is -2.03. The maximum Gasteiger partial charge on any atom is 0.219 e. The molecule has 1 aromatic heterocycles. The fourth-order valence-electron chi connectivity index (χ4n) is 2.07. The van der Waals surface area contributed by atoms with Crippen LogP contribution in [0.2, 0.25) is 0 Å². The van der Waals surface area contributed by atoms with Crippen molar-refractivity contribution in [3.05, 3.63) is 47.7 Å². The number of aryl methyl sites for hydroxylation is 2. The predicted octanol–water partition coefficient (Wildman–Crippen LogP) is 3.51. The quantitative estimate of drug-likeness (QED) is 0.806. The van der Waals surface area contributed by atoms with E-state index < -0.39 is 0 Å². The Bertz CT molecular complexity index is 566. The van der Waals surface area contributed by atoms with Crippen molar-refractivity contribution in [1.82, 2.24) is 4.98 Å². The van der Waals surface area contributed by atoms with Gasteiger partial charge in [-0.1, -0.05) is 6.07 Å². The van der Waals surface area contributed by atoms with Gasteiger partial charge in [-0.05, 0) is 43.0 Å². The Balaban J connectivity index is 1.85. The van der Waals surface area contributed by atoms with Crippen molar-refractivity contribution in [2.24, 2.45) is 0 Å². The molecule has 0 N–H and O–H groups in total. The number of nitrogens with zero attached hydrogens (tertiary/aromatic N) is 1. The lowest BCUT2D eigenvalue weighted by Gasteiger charge is -2.17. The molecule has 1 aliphatic heterocycles. The number of ether oxygens (including phenoxy) is 2. The highest BCUT2D eigenvalue weighted by molar-refractivity contribution is 5.43. The van der Waals surface area contributed by atoms with Crippen LogP contribution in [0.4, 0.5) is 0 Å². The predicted molar refractivity (Wildman–Crippen MR) is 69.3 cm³/mol. The average Bonchev–Trinajstić information content (AvgIpc) is 2.39. The van der Waals surface area contributed by atoms with Crippen LogP contribution in [0.25, 0.3) is 0 Å². The number of benzene rings is 1. The lowest BCUT2D eigenvalue weighted by atomic mass is 10.1. The summed E-state index contributed by atoms with van der Waals surface area (Å²) in [6.45, 7) is 2.81. The molecule has 0 spiro atoms. The summed E-state index contributed by atoms with van der Waals surface area (Å²) in [5.41, 5.74) is 2.39. The monoisotopic (exact) mass is 241 g/mol. The van der Waals surface area contributed by atoms with Crippen LogP contribution < -0.4 is 9.47 Å². The topological polar surface area (TPSA) is 31.4 Å². The van der Waals surface area contributed by atoms with Gasteiger partial charge in [-0.25, -0.2) is 4.98 Å². The zero-order valence-electron chi connectivity index (χ0n) is 10.3. The molecule has 2 heterocycles. The second-order valence-corrected chi connectivity index (χ2v) is 4.50. The van der Waals surface area contributed by atoms with E-state index >= 15 is 0 Å². The molecule has 1 aromatic carbocycles. The normalized spacial score (nSPS) is 13.6. The Kier molecular flexibility index (Phi) is 2.89.